The van der Waals surface area contributed by atoms with Gasteiger partial charge < -0.3 is 15.5 Å². The zero-order valence-corrected chi connectivity index (χ0v) is 15.5. The molecule has 1 aliphatic rings. The van der Waals surface area contributed by atoms with Gasteiger partial charge in [-0.3, -0.25) is 14.5 Å². The van der Waals surface area contributed by atoms with Crippen molar-refractivity contribution in [2.75, 3.05) is 39.0 Å². The van der Waals surface area contributed by atoms with Crippen LogP contribution in [0.2, 0.25) is 0 Å². The minimum atomic E-state index is -0.431. The molecule has 0 saturated carbocycles. The molecule has 1 aromatic rings. The average Bonchev–Trinajstić information content (AvgIpc) is 2.94. The lowest BCUT2D eigenvalue weighted by molar-refractivity contribution is -0.133. The monoisotopic (exact) mass is 354 g/mol. The summed E-state index contributed by atoms with van der Waals surface area (Å²) in [7, 11) is 4.00. The average molecular weight is 354 g/mol. The maximum atomic E-state index is 12.3. The van der Waals surface area contributed by atoms with Crippen molar-refractivity contribution in [1.82, 2.24) is 25.3 Å². The van der Waals surface area contributed by atoms with Crippen LogP contribution >= 0.6 is 11.3 Å². The van der Waals surface area contributed by atoms with Crippen LogP contribution in [0.25, 0.3) is 0 Å². The first kappa shape index (κ1) is 18.8. The topological polar surface area (TPSA) is 90.5 Å². The summed E-state index contributed by atoms with van der Waals surface area (Å²) in [5, 5.41) is 15.1. The smallest absolute Gasteiger partial charge is 0.237 e. The molecule has 0 radical (unpaired) electrons. The zero-order valence-electron chi connectivity index (χ0n) is 14.7. The standard InChI is InChI=1S/C15H26N6O2S/c1-10(2)21-8-6-16-14(23)11(21)9-12(22)17-15-19-18-13(24-15)5-7-20(3)4/h10-11H,5-9H2,1-4H3,(H,16,23)(H,17,19,22). The van der Waals surface area contributed by atoms with Crippen LogP contribution in [0, 0.1) is 0 Å². The Labute approximate surface area is 146 Å². The maximum Gasteiger partial charge on any atom is 0.237 e. The van der Waals surface area contributed by atoms with Gasteiger partial charge >= 0.3 is 0 Å². The van der Waals surface area contributed by atoms with Gasteiger partial charge in [-0.15, -0.1) is 10.2 Å². The van der Waals surface area contributed by atoms with Gasteiger partial charge in [-0.1, -0.05) is 11.3 Å². The fourth-order valence-corrected chi connectivity index (χ4v) is 3.38. The van der Waals surface area contributed by atoms with Crippen molar-refractivity contribution in [3.8, 4) is 0 Å². The molecule has 2 amide bonds. The molecule has 8 nitrogen and oxygen atoms in total. The van der Waals surface area contributed by atoms with Gasteiger partial charge in [-0.2, -0.15) is 0 Å². The Morgan fingerprint density at radius 3 is 2.88 bits per heavy atom. The Balaban J connectivity index is 1.91. The van der Waals surface area contributed by atoms with Crippen molar-refractivity contribution in [1.29, 1.82) is 0 Å². The van der Waals surface area contributed by atoms with Gasteiger partial charge in [-0.25, -0.2) is 0 Å². The molecule has 1 atom stereocenters. The van der Waals surface area contributed by atoms with Gasteiger partial charge in [-0.05, 0) is 27.9 Å². The third-order valence-corrected chi connectivity index (χ3v) is 4.80. The summed E-state index contributed by atoms with van der Waals surface area (Å²) in [5.41, 5.74) is 0. The number of nitrogens with zero attached hydrogens (tertiary/aromatic N) is 4. The van der Waals surface area contributed by atoms with Crippen LogP contribution in [0.4, 0.5) is 5.13 Å². The Hall–Kier alpha value is -1.58. The van der Waals surface area contributed by atoms with E-state index in [1.54, 1.807) is 0 Å². The molecule has 1 fully saturated rings. The van der Waals surface area contributed by atoms with Crippen molar-refractivity contribution < 1.29 is 9.59 Å². The molecule has 24 heavy (non-hydrogen) atoms. The number of carbonyl (C=O) groups excluding carboxylic acids is 2. The summed E-state index contributed by atoms with van der Waals surface area (Å²) in [6.45, 7) is 6.33. The highest BCUT2D eigenvalue weighted by atomic mass is 32.1. The number of hydrogen-bond donors (Lipinski definition) is 2. The molecular weight excluding hydrogens is 328 g/mol. The van der Waals surface area contributed by atoms with Gasteiger partial charge in [0.2, 0.25) is 16.9 Å². The lowest BCUT2D eigenvalue weighted by Gasteiger charge is -2.37. The molecule has 0 spiro atoms. The van der Waals surface area contributed by atoms with Gasteiger partial charge in [0.25, 0.3) is 0 Å². The number of likely N-dealkylation sites (N-methyl/N-ethyl adjacent to an activating group) is 1. The number of hydrogen-bond acceptors (Lipinski definition) is 7. The first-order valence-electron chi connectivity index (χ1n) is 8.17. The number of carbonyl (C=O) groups is 2. The van der Waals surface area contributed by atoms with Crippen molar-refractivity contribution >= 4 is 28.3 Å². The van der Waals surface area contributed by atoms with Crippen LogP contribution in [0.15, 0.2) is 0 Å². The SMILES string of the molecule is CC(C)N1CCNC(=O)C1CC(=O)Nc1nnc(CCN(C)C)s1. The van der Waals surface area contributed by atoms with E-state index in [0.717, 1.165) is 24.5 Å². The molecule has 0 bridgehead atoms. The molecule has 9 heteroatoms. The van der Waals surface area contributed by atoms with Gasteiger partial charge in [0, 0.05) is 32.1 Å². The Morgan fingerprint density at radius 2 is 2.21 bits per heavy atom. The van der Waals surface area contributed by atoms with E-state index in [9.17, 15) is 9.59 Å². The molecule has 1 unspecified atom stereocenters. The van der Waals surface area contributed by atoms with Crippen LogP contribution in [-0.4, -0.2) is 77.6 Å². The summed E-state index contributed by atoms with van der Waals surface area (Å²) in [4.78, 5) is 28.5. The summed E-state index contributed by atoms with van der Waals surface area (Å²) in [5.74, 6) is -0.299. The lowest BCUT2D eigenvalue weighted by atomic mass is 10.1. The maximum absolute atomic E-state index is 12.3. The van der Waals surface area contributed by atoms with Crippen LogP contribution in [0.5, 0.6) is 0 Å². The molecule has 1 saturated heterocycles. The second kappa shape index (κ2) is 8.50. The Bertz CT molecular complexity index is 574. The summed E-state index contributed by atoms with van der Waals surface area (Å²) in [6, 6.07) is -0.215. The first-order valence-corrected chi connectivity index (χ1v) is 8.99. The quantitative estimate of drug-likeness (QED) is 0.726. The van der Waals surface area contributed by atoms with E-state index < -0.39 is 6.04 Å². The van der Waals surface area contributed by atoms with Crippen molar-refractivity contribution in [3.05, 3.63) is 5.01 Å². The predicted octanol–water partition coefficient (Wildman–Crippen LogP) is 0.180. The molecule has 0 aliphatic carbocycles. The minimum absolute atomic E-state index is 0.0889. The number of piperazine rings is 1. The highest BCUT2D eigenvalue weighted by Gasteiger charge is 2.33. The number of aromatic nitrogens is 2. The second-order valence-corrected chi connectivity index (χ2v) is 7.51. The summed E-state index contributed by atoms with van der Waals surface area (Å²) in [6.07, 6.45) is 0.920. The number of anilines is 1. The van der Waals surface area contributed by atoms with Crippen LogP contribution < -0.4 is 10.6 Å². The van der Waals surface area contributed by atoms with E-state index in [4.69, 9.17) is 0 Å². The molecule has 2 N–H and O–H groups in total. The van der Waals surface area contributed by atoms with Gasteiger partial charge in [0.05, 0.1) is 12.5 Å². The highest BCUT2D eigenvalue weighted by Crippen LogP contribution is 2.18. The Kier molecular flexibility index (Phi) is 6.64. The molecule has 1 aromatic heterocycles. The third-order valence-electron chi connectivity index (χ3n) is 3.90. The van der Waals surface area contributed by atoms with E-state index in [2.05, 4.69) is 30.6 Å². The fraction of sp³-hybridized carbons (Fsp3) is 0.733. The minimum Gasteiger partial charge on any atom is -0.353 e. The number of nitrogens with one attached hydrogen (secondary N) is 2. The molecule has 2 heterocycles. The summed E-state index contributed by atoms with van der Waals surface area (Å²) < 4.78 is 0. The van der Waals surface area contributed by atoms with E-state index in [1.807, 2.05) is 27.9 Å². The van der Waals surface area contributed by atoms with Gasteiger partial charge in [0.1, 0.15) is 5.01 Å². The van der Waals surface area contributed by atoms with E-state index in [-0.39, 0.29) is 24.3 Å². The number of rotatable bonds is 7. The van der Waals surface area contributed by atoms with Crippen LogP contribution in [0.3, 0.4) is 0 Å². The molecule has 2 rings (SSSR count). The normalized spacial score (nSPS) is 18.9. The highest BCUT2D eigenvalue weighted by molar-refractivity contribution is 7.15. The number of amides is 2. The van der Waals surface area contributed by atoms with E-state index in [1.165, 1.54) is 11.3 Å². The zero-order chi connectivity index (χ0) is 17.7. The van der Waals surface area contributed by atoms with Crippen LogP contribution in [-0.2, 0) is 16.0 Å². The van der Waals surface area contributed by atoms with Crippen molar-refractivity contribution in [3.63, 3.8) is 0 Å². The van der Waals surface area contributed by atoms with E-state index >= 15 is 0 Å². The largest absolute Gasteiger partial charge is 0.353 e. The molecule has 134 valence electrons. The van der Waals surface area contributed by atoms with Crippen LogP contribution in [0.1, 0.15) is 25.3 Å². The Morgan fingerprint density at radius 1 is 1.46 bits per heavy atom. The molecule has 1 aliphatic heterocycles. The predicted molar refractivity (Wildman–Crippen MR) is 94.1 cm³/mol. The first-order chi connectivity index (χ1) is 11.4. The molecular formula is C15H26N6O2S. The summed E-state index contributed by atoms with van der Waals surface area (Å²) >= 11 is 1.38. The van der Waals surface area contributed by atoms with Crippen molar-refractivity contribution in [2.45, 2.75) is 38.8 Å². The third kappa shape index (κ3) is 5.22. The van der Waals surface area contributed by atoms with Crippen molar-refractivity contribution in [2.24, 2.45) is 0 Å². The molecule has 0 aromatic carbocycles. The second-order valence-electron chi connectivity index (χ2n) is 6.44. The van der Waals surface area contributed by atoms with Gasteiger partial charge in [0.15, 0.2) is 0 Å². The van der Waals surface area contributed by atoms with E-state index in [0.29, 0.717) is 11.7 Å². The lowest BCUT2D eigenvalue weighted by Crippen LogP contribution is -2.58. The fourth-order valence-electron chi connectivity index (χ4n) is 2.63.